The Hall–Kier alpha value is -2.60. The van der Waals surface area contributed by atoms with Crippen LogP contribution in [0.25, 0.3) is 0 Å². The zero-order chi connectivity index (χ0) is 17.5. The molecular formula is C18H22FN2O3+. The lowest BCUT2D eigenvalue weighted by Gasteiger charge is -2.15. The van der Waals surface area contributed by atoms with Gasteiger partial charge in [-0.3, -0.25) is 4.79 Å². The third-order valence-electron chi connectivity index (χ3n) is 3.56. The van der Waals surface area contributed by atoms with Gasteiger partial charge in [0.15, 0.2) is 6.54 Å². The molecule has 0 radical (unpaired) electrons. The predicted octanol–water partition coefficient (Wildman–Crippen LogP) is 1.50. The molecule has 128 valence electrons. The maximum atomic E-state index is 12.9. The van der Waals surface area contributed by atoms with Gasteiger partial charge in [0.25, 0.3) is 5.91 Å². The molecule has 1 unspecified atom stereocenters. The monoisotopic (exact) mass is 333 g/mol. The molecule has 6 heteroatoms. The molecular weight excluding hydrogens is 311 g/mol. The Balaban J connectivity index is 1.93. The SMILES string of the molecule is COc1ccc(NC(=O)C[NH+](C)Cc2ccc(F)cc2)c(OC)c1. The van der Waals surface area contributed by atoms with Crippen molar-refractivity contribution in [1.82, 2.24) is 0 Å². The van der Waals surface area contributed by atoms with Gasteiger partial charge >= 0.3 is 0 Å². The van der Waals surface area contributed by atoms with Crippen LogP contribution in [0.2, 0.25) is 0 Å². The number of halogens is 1. The van der Waals surface area contributed by atoms with Gasteiger partial charge in [-0.2, -0.15) is 0 Å². The maximum absolute atomic E-state index is 12.9. The molecule has 0 heterocycles. The van der Waals surface area contributed by atoms with Crippen molar-refractivity contribution in [2.75, 3.05) is 33.1 Å². The Morgan fingerprint density at radius 3 is 2.46 bits per heavy atom. The van der Waals surface area contributed by atoms with Crippen LogP contribution < -0.4 is 19.7 Å². The first-order chi connectivity index (χ1) is 11.5. The van der Waals surface area contributed by atoms with E-state index < -0.39 is 0 Å². The van der Waals surface area contributed by atoms with Crippen LogP contribution in [-0.4, -0.2) is 33.7 Å². The summed E-state index contributed by atoms with van der Waals surface area (Å²) in [6, 6.07) is 11.5. The summed E-state index contributed by atoms with van der Waals surface area (Å²) in [6.07, 6.45) is 0. The zero-order valence-corrected chi connectivity index (χ0v) is 14.1. The van der Waals surface area contributed by atoms with Gasteiger partial charge in [-0.25, -0.2) is 4.39 Å². The summed E-state index contributed by atoms with van der Waals surface area (Å²) >= 11 is 0. The molecule has 0 aromatic heterocycles. The molecule has 1 atom stereocenters. The van der Waals surface area contributed by atoms with Gasteiger partial charge in [-0.15, -0.1) is 0 Å². The van der Waals surface area contributed by atoms with Gasteiger partial charge in [-0.05, 0) is 24.3 Å². The van der Waals surface area contributed by atoms with Gasteiger partial charge in [0.1, 0.15) is 23.9 Å². The summed E-state index contributed by atoms with van der Waals surface area (Å²) in [7, 11) is 5.02. The van der Waals surface area contributed by atoms with E-state index in [4.69, 9.17) is 9.47 Å². The second-order valence-corrected chi connectivity index (χ2v) is 5.55. The molecule has 0 spiro atoms. The first kappa shape index (κ1) is 17.7. The van der Waals surface area contributed by atoms with Crippen molar-refractivity contribution in [1.29, 1.82) is 0 Å². The smallest absolute Gasteiger partial charge is 0.279 e. The molecule has 2 N–H and O–H groups in total. The molecule has 24 heavy (non-hydrogen) atoms. The van der Waals surface area contributed by atoms with Crippen LogP contribution in [0.5, 0.6) is 11.5 Å². The highest BCUT2D eigenvalue weighted by Gasteiger charge is 2.13. The summed E-state index contributed by atoms with van der Waals surface area (Å²) in [4.78, 5) is 13.2. The maximum Gasteiger partial charge on any atom is 0.279 e. The number of methoxy groups -OCH3 is 2. The van der Waals surface area contributed by atoms with Crippen LogP contribution in [0.3, 0.4) is 0 Å². The van der Waals surface area contributed by atoms with Crippen molar-refractivity contribution in [3.63, 3.8) is 0 Å². The van der Waals surface area contributed by atoms with Crippen molar-refractivity contribution in [2.24, 2.45) is 0 Å². The molecule has 2 rings (SSSR count). The standard InChI is InChI=1S/C18H21FN2O3/c1-21(11-13-4-6-14(19)7-5-13)12-18(22)20-16-9-8-15(23-2)10-17(16)24-3/h4-10H,11-12H2,1-3H3,(H,20,22)/p+1. The average Bonchev–Trinajstić information content (AvgIpc) is 2.57. The van der Waals surface area contributed by atoms with Crippen LogP contribution in [0.15, 0.2) is 42.5 Å². The zero-order valence-electron chi connectivity index (χ0n) is 14.1. The molecule has 0 saturated carbocycles. The first-order valence-corrected chi connectivity index (χ1v) is 7.59. The number of carbonyl (C=O) groups is 1. The van der Waals surface area contributed by atoms with Gasteiger partial charge < -0.3 is 19.7 Å². The summed E-state index contributed by atoms with van der Waals surface area (Å²) in [5.41, 5.74) is 1.57. The predicted molar refractivity (Wildman–Crippen MR) is 90.0 cm³/mol. The van der Waals surface area contributed by atoms with Gasteiger partial charge in [0.05, 0.1) is 27.0 Å². The molecule has 0 aliphatic heterocycles. The van der Waals surface area contributed by atoms with Crippen LogP contribution in [0.4, 0.5) is 10.1 Å². The van der Waals surface area contributed by atoms with Gasteiger partial charge in [0.2, 0.25) is 0 Å². The summed E-state index contributed by atoms with van der Waals surface area (Å²) in [5, 5.41) is 2.84. The Labute approximate surface area is 141 Å². The number of amides is 1. The highest BCUT2D eigenvalue weighted by atomic mass is 19.1. The number of quaternary nitrogens is 1. The molecule has 0 aliphatic carbocycles. The van der Waals surface area contributed by atoms with Crippen molar-refractivity contribution in [3.8, 4) is 11.5 Å². The van der Waals surface area contributed by atoms with Crippen LogP contribution in [0.1, 0.15) is 5.56 Å². The minimum atomic E-state index is -0.263. The van der Waals surface area contributed by atoms with Crippen LogP contribution >= 0.6 is 0 Å². The number of hydrogen-bond donors (Lipinski definition) is 2. The van der Waals surface area contributed by atoms with Crippen molar-refractivity contribution >= 4 is 11.6 Å². The fourth-order valence-corrected chi connectivity index (χ4v) is 2.38. The number of nitrogens with one attached hydrogen (secondary N) is 2. The molecule has 2 aromatic rings. The van der Waals surface area contributed by atoms with E-state index in [1.165, 1.54) is 19.2 Å². The number of hydrogen-bond acceptors (Lipinski definition) is 3. The summed E-state index contributed by atoms with van der Waals surface area (Å²) < 4.78 is 23.3. The number of benzene rings is 2. The molecule has 0 bridgehead atoms. The molecule has 2 aromatic carbocycles. The summed E-state index contributed by atoms with van der Waals surface area (Å²) in [5.74, 6) is 0.807. The second-order valence-electron chi connectivity index (χ2n) is 5.55. The fourth-order valence-electron chi connectivity index (χ4n) is 2.38. The van der Waals surface area contributed by atoms with E-state index in [1.54, 1.807) is 37.4 Å². The first-order valence-electron chi connectivity index (χ1n) is 7.59. The largest absolute Gasteiger partial charge is 0.497 e. The molecule has 1 amide bonds. The normalized spacial score (nSPS) is 11.7. The van der Waals surface area contributed by atoms with Crippen LogP contribution in [0, 0.1) is 5.82 Å². The molecule has 0 saturated heterocycles. The van der Waals surface area contributed by atoms with Gasteiger partial charge in [-0.1, -0.05) is 12.1 Å². The fraction of sp³-hybridized carbons (Fsp3) is 0.278. The molecule has 0 fully saturated rings. The van der Waals surface area contributed by atoms with E-state index in [-0.39, 0.29) is 18.3 Å². The Kier molecular flexibility index (Phi) is 6.14. The number of likely N-dealkylation sites (N-methyl/N-ethyl adjacent to an activating group) is 1. The lowest BCUT2D eigenvalue weighted by Crippen LogP contribution is -3.08. The number of anilines is 1. The number of ether oxygens (including phenoxy) is 2. The lowest BCUT2D eigenvalue weighted by molar-refractivity contribution is -0.885. The van der Waals surface area contributed by atoms with E-state index in [9.17, 15) is 9.18 Å². The quantitative estimate of drug-likeness (QED) is 0.807. The number of carbonyl (C=O) groups excluding carboxylic acids is 1. The summed E-state index contributed by atoms with van der Waals surface area (Å²) in [6.45, 7) is 0.917. The Morgan fingerprint density at radius 1 is 1.12 bits per heavy atom. The van der Waals surface area contributed by atoms with Gasteiger partial charge in [0, 0.05) is 11.6 Å². The van der Waals surface area contributed by atoms with Crippen molar-refractivity contribution < 1.29 is 23.6 Å². The van der Waals surface area contributed by atoms with E-state index in [0.717, 1.165) is 10.5 Å². The third kappa shape index (κ3) is 4.96. The Morgan fingerprint density at radius 2 is 1.83 bits per heavy atom. The minimum absolute atomic E-state index is 0.127. The minimum Gasteiger partial charge on any atom is -0.497 e. The molecule has 0 aliphatic rings. The van der Waals surface area contributed by atoms with Crippen LogP contribution in [-0.2, 0) is 11.3 Å². The highest BCUT2D eigenvalue weighted by Crippen LogP contribution is 2.28. The van der Waals surface area contributed by atoms with E-state index in [1.807, 2.05) is 7.05 Å². The average molecular weight is 333 g/mol. The van der Waals surface area contributed by atoms with E-state index in [2.05, 4.69) is 5.32 Å². The molecule has 5 nitrogen and oxygen atoms in total. The highest BCUT2D eigenvalue weighted by molar-refractivity contribution is 5.93. The van der Waals surface area contributed by atoms with Crippen molar-refractivity contribution in [3.05, 3.63) is 53.8 Å². The second kappa shape index (κ2) is 8.31. The van der Waals surface area contributed by atoms with Crippen molar-refractivity contribution in [2.45, 2.75) is 6.54 Å². The van der Waals surface area contributed by atoms with E-state index in [0.29, 0.717) is 23.7 Å². The van der Waals surface area contributed by atoms with E-state index >= 15 is 0 Å². The number of rotatable bonds is 7. The third-order valence-corrected chi connectivity index (χ3v) is 3.56. The Bertz CT molecular complexity index is 689. The topological polar surface area (TPSA) is 52.0 Å². The lowest BCUT2D eigenvalue weighted by atomic mass is 10.2.